The summed E-state index contributed by atoms with van der Waals surface area (Å²) in [7, 11) is -10.0. The zero-order chi connectivity index (χ0) is 21.1. The van der Waals surface area contributed by atoms with Gasteiger partial charge in [0.25, 0.3) is 0 Å². The van der Waals surface area contributed by atoms with Gasteiger partial charge in [-0.1, -0.05) is 0 Å². The first-order valence-electron chi connectivity index (χ1n) is 7.68. The summed E-state index contributed by atoms with van der Waals surface area (Å²) in [6.45, 7) is -1.40. The first-order chi connectivity index (χ1) is 13.0. The number of aliphatic hydroxyl groups excluding tert-OH is 2. The third-order valence-corrected chi connectivity index (χ3v) is 6.08. The standard InChI is InChI=1S/C11H20N4O11P2/c12-2-4-23-27(19,20)26-28(21,22)24-5-6-8(16)9(17)10(25-6)15-3-1-7(13)14-11(15)18/h1,3,6,8-10,16-17H,2,4-5,12H2,(H,19,20)(H,21,22)(H2,13,14,18)/t6-,8+,9?,10-/m1/s1. The average molecular weight is 446 g/mol. The molecular weight excluding hydrogens is 426 g/mol. The Kier molecular flexibility index (Phi) is 7.47. The lowest BCUT2D eigenvalue weighted by atomic mass is 10.1. The molecule has 160 valence electrons. The number of nitrogens with two attached hydrogens (primary N) is 2. The molecule has 0 bridgehead atoms. The number of ether oxygens (including phenoxy) is 1. The molecule has 1 aromatic heterocycles. The number of nitrogens with zero attached hydrogens (tertiary/aromatic N) is 2. The third kappa shape index (κ3) is 5.89. The predicted molar refractivity (Wildman–Crippen MR) is 90.5 cm³/mol. The molecule has 1 saturated heterocycles. The lowest BCUT2D eigenvalue weighted by Gasteiger charge is -2.19. The van der Waals surface area contributed by atoms with E-state index in [0.717, 1.165) is 4.57 Å². The monoisotopic (exact) mass is 446 g/mol. The fraction of sp³-hybridized carbons (Fsp3) is 0.636. The Bertz CT molecular complexity index is 835. The van der Waals surface area contributed by atoms with Gasteiger partial charge in [-0.05, 0) is 6.07 Å². The zero-order valence-corrected chi connectivity index (χ0v) is 16.0. The van der Waals surface area contributed by atoms with Gasteiger partial charge in [-0.3, -0.25) is 13.6 Å². The van der Waals surface area contributed by atoms with E-state index in [1.165, 1.54) is 12.3 Å². The van der Waals surface area contributed by atoms with Gasteiger partial charge in [-0.25, -0.2) is 13.9 Å². The number of anilines is 1. The van der Waals surface area contributed by atoms with Crippen LogP contribution in [-0.2, 0) is 27.2 Å². The zero-order valence-electron chi connectivity index (χ0n) is 14.2. The molecule has 1 aliphatic rings. The number of aliphatic hydroxyl groups is 2. The molecule has 17 heteroatoms. The average Bonchev–Trinajstić information content (AvgIpc) is 2.86. The van der Waals surface area contributed by atoms with Crippen molar-refractivity contribution in [1.82, 2.24) is 9.55 Å². The fourth-order valence-electron chi connectivity index (χ4n) is 2.23. The minimum absolute atomic E-state index is 0.0715. The van der Waals surface area contributed by atoms with Crippen LogP contribution < -0.4 is 17.2 Å². The summed E-state index contributed by atoms with van der Waals surface area (Å²) >= 11 is 0. The quantitative estimate of drug-likeness (QED) is 0.218. The molecule has 1 aromatic rings. The van der Waals surface area contributed by atoms with Crippen molar-refractivity contribution in [2.45, 2.75) is 24.5 Å². The Morgan fingerprint density at radius 3 is 2.46 bits per heavy atom. The van der Waals surface area contributed by atoms with Crippen molar-refractivity contribution < 1.29 is 47.2 Å². The van der Waals surface area contributed by atoms with Gasteiger partial charge >= 0.3 is 21.3 Å². The van der Waals surface area contributed by atoms with Gasteiger partial charge < -0.3 is 36.2 Å². The maximum atomic E-state index is 11.8. The number of phosphoric acid groups is 2. The molecule has 1 aliphatic heterocycles. The number of hydrogen-bond donors (Lipinski definition) is 6. The van der Waals surface area contributed by atoms with Crippen LogP contribution in [0.25, 0.3) is 0 Å². The minimum Gasteiger partial charge on any atom is -0.387 e. The van der Waals surface area contributed by atoms with E-state index in [1.807, 2.05) is 0 Å². The number of hydrogen-bond acceptors (Lipinski definition) is 12. The maximum Gasteiger partial charge on any atom is 0.481 e. The van der Waals surface area contributed by atoms with Crippen LogP contribution in [0.3, 0.4) is 0 Å². The van der Waals surface area contributed by atoms with Crippen LogP contribution in [0.1, 0.15) is 6.23 Å². The Morgan fingerprint density at radius 1 is 1.21 bits per heavy atom. The molecule has 28 heavy (non-hydrogen) atoms. The number of aromatic nitrogens is 2. The molecule has 0 amide bonds. The summed E-state index contributed by atoms with van der Waals surface area (Å²) in [4.78, 5) is 34.1. The van der Waals surface area contributed by atoms with Crippen molar-refractivity contribution >= 4 is 21.5 Å². The molecule has 0 radical (unpaired) electrons. The second kappa shape index (κ2) is 9.07. The van der Waals surface area contributed by atoms with Crippen LogP contribution in [0.15, 0.2) is 17.1 Å². The summed E-state index contributed by atoms with van der Waals surface area (Å²) in [5.74, 6) is -0.0715. The second-order valence-corrected chi connectivity index (χ2v) is 8.57. The first kappa shape index (κ1) is 23.1. The van der Waals surface area contributed by atoms with Crippen molar-refractivity contribution in [3.05, 3.63) is 22.7 Å². The van der Waals surface area contributed by atoms with Gasteiger partial charge in [0.2, 0.25) is 0 Å². The van der Waals surface area contributed by atoms with Gasteiger partial charge in [0, 0.05) is 12.7 Å². The first-order valence-corrected chi connectivity index (χ1v) is 10.7. The van der Waals surface area contributed by atoms with Gasteiger partial charge in [0.1, 0.15) is 24.1 Å². The molecule has 2 rings (SSSR count). The van der Waals surface area contributed by atoms with Crippen molar-refractivity contribution in [3.8, 4) is 0 Å². The predicted octanol–water partition coefficient (Wildman–Crippen LogP) is -2.35. The lowest BCUT2D eigenvalue weighted by Crippen LogP contribution is -2.36. The normalized spacial score (nSPS) is 29.3. The molecule has 15 nitrogen and oxygen atoms in total. The molecule has 8 N–H and O–H groups in total. The Morgan fingerprint density at radius 2 is 1.86 bits per heavy atom. The van der Waals surface area contributed by atoms with Gasteiger partial charge in [-0.15, -0.1) is 0 Å². The largest absolute Gasteiger partial charge is 0.481 e. The van der Waals surface area contributed by atoms with Crippen molar-refractivity contribution in [3.63, 3.8) is 0 Å². The van der Waals surface area contributed by atoms with E-state index >= 15 is 0 Å². The summed E-state index contributed by atoms with van der Waals surface area (Å²) < 4.78 is 42.2. The van der Waals surface area contributed by atoms with E-state index in [4.69, 9.17) is 16.2 Å². The molecule has 6 atom stereocenters. The van der Waals surface area contributed by atoms with Crippen LogP contribution in [-0.4, -0.2) is 67.6 Å². The molecule has 0 aromatic carbocycles. The molecule has 0 spiro atoms. The Labute approximate surface area is 157 Å². The van der Waals surface area contributed by atoms with Gasteiger partial charge in [-0.2, -0.15) is 9.29 Å². The van der Waals surface area contributed by atoms with Crippen molar-refractivity contribution in [2.75, 3.05) is 25.5 Å². The molecule has 1 fully saturated rings. The van der Waals surface area contributed by atoms with E-state index in [2.05, 4.69) is 18.3 Å². The van der Waals surface area contributed by atoms with Gasteiger partial charge in [0.15, 0.2) is 6.23 Å². The van der Waals surface area contributed by atoms with Crippen LogP contribution in [0, 0.1) is 0 Å². The highest BCUT2D eigenvalue weighted by molar-refractivity contribution is 7.61. The smallest absolute Gasteiger partial charge is 0.387 e. The van der Waals surface area contributed by atoms with Gasteiger partial charge in [0.05, 0.1) is 13.2 Å². The van der Waals surface area contributed by atoms with Crippen molar-refractivity contribution in [1.29, 1.82) is 0 Å². The molecule has 3 unspecified atom stereocenters. The summed E-state index contributed by atoms with van der Waals surface area (Å²) in [5, 5.41) is 20.1. The van der Waals surface area contributed by atoms with E-state index in [0.29, 0.717) is 0 Å². The highest BCUT2D eigenvalue weighted by Gasteiger charge is 2.46. The second-order valence-electron chi connectivity index (χ2n) is 5.52. The summed E-state index contributed by atoms with van der Waals surface area (Å²) in [5.41, 5.74) is 9.56. The summed E-state index contributed by atoms with van der Waals surface area (Å²) in [6.07, 6.45) is -4.86. The fourth-order valence-corrected chi connectivity index (χ4v) is 4.32. The van der Waals surface area contributed by atoms with Crippen LogP contribution >= 0.6 is 15.6 Å². The SMILES string of the molecule is NCCOP(=O)(O)OP(=O)(O)OC[C@H]1O[C@@H](n2ccc(N)nc2=O)C(O)[C@H]1O. The van der Waals surface area contributed by atoms with E-state index in [1.54, 1.807) is 0 Å². The minimum atomic E-state index is -5.11. The summed E-state index contributed by atoms with van der Waals surface area (Å²) in [6, 6.07) is 1.25. The van der Waals surface area contributed by atoms with E-state index in [9.17, 15) is 33.9 Å². The molecule has 0 saturated carbocycles. The molecular formula is C11H20N4O11P2. The Balaban J connectivity index is 2.02. The Hall–Kier alpha value is -1.22. The number of nitrogen functional groups attached to an aromatic ring is 1. The highest BCUT2D eigenvalue weighted by atomic mass is 31.3. The maximum absolute atomic E-state index is 11.8. The molecule has 2 heterocycles. The van der Waals surface area contributed by atoms with Crippen LogP contribution in [0.2, 0.25) is 0 Å². The number of rotatable bonds is 9. The van der Waals surface area contributed by atoms with E-state index in [-0.39, 0.29) is 12.4 Å². The third-order valence-electron chi connectivity index (χ3n) is 3.44. The molecule has 0 aliphatic carbocycles. The number of phosphoric ester groups is 2. The van der Waals surface area contributed by atoms with E-state index < -0.39 is 59.1 Å². The highest BCUT2D eigenvalue weighted by Crippen LogP contribution is 2.60. The van der Waals surface area contributed by atoms with Crippen LogP contribution in [0.4, 0.5) is 5.82 Å². The van der Waals surface area contributed by atoms with Crippen LogP contribution in [0.5, 0.6) is 0 Å². The van der Waals surface area contributed by atoms with Crippen molar-refractivity contribution in [2.24, 2.45) is 5.73 Å². The topological polar surface area (TPSA) is 239 Å². The lowest BCUT2D eigenvalue weighted by molar-refractivity contribution is -0.0542.